The zero-order valence-corrected chi connectivity index (χ0v) is 18.5. The highest BCUT2D eigenvalue weighted by molar-refractivity contribution is 7.17. The minimum absolute atomic E-state index is 0.140. The molecule has 0 saturated heterocycles. The second kappa shape index (κ2) is 9.45. The summed E-state index contributed by atoms with van der Waals surface area (Å²) in [5.74, 6) is -0.608. The molecule has 0 unspecified atom stereocenters. The third-order valence-corrected chi connectivity index (χ3v) is 6.73. The SMILES string of the molecule is CCCN1CCc2c(sc(NC(=O)Cc3ccc(-c4ccccc4)cc3)c2C(N)=O)C1. The number of nitrogens with zero attached hydrogens (tertiary/aromatic N) is 1. The first kappa shape index (κ1) is 21.3. The van der Waals surface area contributed by atoms with Gasteiger partial charge in [-0.05, 0) is 41.6 Å². The monoisotopic (exact) mass is 433 g/mol. The number of nitrogens with two attached hydrogens (primary N) is 1. The molecular weight excluding hydrogens is 406 g/mol. The van der Waals surface area contributed by atoms with Gasteiger partial charge in [-0.25, -0.2) is 0 Å². The van der Waals surface area contributed by atoms with Crippen molar-refractivity contribution in [2.75, 3.05) is 18.4 Å². The Morgan fingerprint density at radius 1 is 1.06 bits per heavy atom. The molecule has 2 aromatic carbocycles. The van der Waals surface area contributed by atoms with Crippen LogP contribution in [0.4, 0.5) is 5.00 Å². The lowest BCUT2D eigenvalue weighted by atomic mass is 10.0. The van der Waals surface area contributed by atoms with Crippen molar-refractivity contribution in [1.29, 1.82) is 0 Å². The van der Waals surface area contributed by atoms with Gasteiger partial charge in [0.25, 0.3) is 5.91 Å². The maximum absolute atomic E-state index is 12.7. The zero-order chi connectivity index (χ0) is 21.8. The van der Waals surface area contributed by atoms with E-state index in [0.717, 1.165) is 59.6 Å². The number of anilines is 1. The maximum Gasteiger partial charge on any atom is 0.251 e. The predicted molar refractivity (Wildman–Crippen MR) is 126 cm³/mol. The molecule has 2 heterocycles. The molecule has 3 N–H and O–H groups in total. The smallest absolute Gasteiger partial charge is 0.251 e. The number of thiophene rings is 1. The molecule has 31 heavy (non-hydrogen) atoms. The minimum Gasteiger partial charge on any atom is -0.365 e. The Balaban J connectivity index is 1.47. The summed E-state index contributed by atoms with van der Waals surface area (Å²) in [4.78, 5) is 28.4. The standard InChI is InChI=1S/C25H27N3O2S/c1-2-13-28-14-12-20-21(16-28)31-25(23(20)24(26)30)27-22(29)15-17-8-10-19(11-9-17)18-6-4-3-5-7-18/h3-11H,2,12-16H2,1H3,(H2,26,30)(H,27,29). The molecule has 0 aliphatic carbocycles. The Morgan fingerprint density at radius 2 is 1.77 bits per heavy atom. The Hall–Kier alpha value is -2.96. The zero-order valence-electron chi connectivity index (χ0n) is 17.7. The van der Waals surface area contributed by atoms with E-state index in [1.807, 2.05) is 42.5 Å². The second-order valence-corrected chi connectivity index (χ2v) is 8.99. The Bertz CT molecular complexity index is 1070. The quantitative estimate of drug-likeness (QED) is 0.577. The van der Waals surface area contributed by atoms with Gasteiger partial charge in [0.05, 0.1) is 12.0 Å². The lowest BCUT2D eigenvalue weighted by molar-refractivity contribution is -0.115. The fourth-order valence-electron chi connectivity index (χ4n) is 4.11. The molecule has 0 atom stereocenters. The van der Waals surface area contributed by atoms with E-state index in [1.165, 1.54) is 11.3 Å². The van der Waals surface area contributed by atoms with Crippen molar-refractivity contribution < 1.29 is 9.59 Å². The lowest BCUT2D eigenvalue weighted by Gasteiger charge is -2.26. The van der Waals surface area contributed by atoms with Crippen molar-refractivity contribution in [3.63, 3.8) is 0 Å². The van der Waals surface area contributed by atoms with Crippen LogP contribution in [-0.2, 0) is 24.2 Å². The third kappa shape index (κ3) is 4.86. The fraction of sp³-hybridized carbons (Fsp3) is 0.280. The Labute approximate surface area is 186 Å². The van der Waals surface area contributed by atoms with Gasteiger partial charge in [0.2, 0.25) is 5.91 Å². The van der Waals surface area contributed by atoms with E-state index in [2.05, 4.69) is 29.3 Å². The third-order valence-electron chi connectivity index (χ3n) is 5.60. The van der Waals surface area contributed by atoms with Crippen LogP contribution in [0.15, 0.2) is 54.6 Å². The fourth-order valence-corrected chi connectivity index (χ4v) is 5.43. The first-order valence-corrected chi connectivity index (χ1v) is 11.5. The van der Waals surface area contributed by atoms with Crippen LogP contribution in [0.1, 0.15) is 39.7 Å². The largest absolute Gasteiger partial charge is 0.365 e. The number of primary amides is 1. The molecule has 0 spiro atoms. The molecular formula is C25H27N3O2S. The molecule has 1 aromatic heterocycles. The van der Waals surface area contributed by atoms with Crippen LogP contribution in [0.25, 0.3) is 11.1 Å². The van der Waals surface area contributed by atoms with Crippen molar-refractivity contribution in [3.05, 3.63) is 76.2 Å². The van der Waals surface area contributed by atoms with E-state index in [1.54, 1.807) is 0 Å². The summed E-state index contributed by atoms with van der Waals surface area (Å²) in [6.07, 6.45) is 2.13. The van der Waals surface area contributed by atoms with E-state index in [-0.39, 0.29) is 12.3 Å². The molecule has 4 rings (SSSR count). The molecule has 1 aliphatic rings. The number of carbonyl (C=O) groups is 2. The van der Waals surface area contributed by atoms with Crippen LogP contribution in [0.5, 0.6) is 0 Å². The molecule has 0 saturated carbocycles. The number of carbonyl (C=O) groups excluding carboxylic acids is 2. The molecule has 0 radical (unpaired) electrons. The van der Waals surface area contributed by atoms with Gasteiger partial charge in [-0.15, -0.1) is 11.3 Å². The van der Waals surface area contributed by atoms with Gasteiger partial charge < -0.3 is 11.1 Å². The van der Waals surface area contributed by atoms with Crippen molar-refractivity contribution >= 4 is 28.2 Å². The molecule has 3 aromatic rings. The highest BCUT2D eigenvalue weighted by Crippen LogP contribution is 2.37. The molecule has 0 fully saturated rings. The molecule has 6 heteroatoms. The van der Waals surface area contributed by atoms with E-state index in [0.29, 0.717) is 10.6 Å². The topological polar surface area (TPSA) is 75.4 Å². The summed E-state index contributed by atoms with van der Waals surface area (Å²) in [6, 6.07) is 18.1. The predicted octanol–water partition coefficient (Wildman–Crippen LogP) is 4.46. The average molecular weight is 434 g/mol. The number of amides is 2. The number of nitrogens with one attached hydrogen (secondary N) is 1. The van der Waals surface area contributed by atoms with Crippen LogP contribution in [-0.4, -0.2) is 29.8 Å². The van der Waals surface area contributed by atoms with E-state index >= 15 is 0 Å². The first-order valence-electron chi connectivity index (χ1n) is 10.7. The van der Waals surface area contributed by atoms with Crippen molar-refractivity contribution in [2.24, 2.45) is 5.73 Å². The molecule has 5 nitrogen and oxygen atoms in total. The summed E-state index contributed by atoms with van der Waals surface area (Å²) < 4.78 is 0. The minimum atomic E-state index is -0.469. The summed E-state index contributed by atoms with van der Waals surface area (Å²) in [7, 11) is 0. The Morgan fingerprint density at radius 3 is 2.45 bits per heavy atom. The number of rotatable bonds is 7. The highest BCUT2D eigenvalue weighted by atomic mass is 32.1. The van der Waals surface area contributed by atoms with E-state index in [9.17, 15) is 9.59 Å². The molecule has 0 bridgehead atoms. The summed E-state index contributed by atoms with van der Waals surface area (Å²) in [5, 5.41) is 3.54. The molecule has 1 aliphatic heterocycles. The summed E-state index contributed by atoms with van der Waals surface area (Å²) >= 11 is 1.48. The number of hydrogen-bond donors (Lipinski definition) is 2. The van der Waals surface area contributed by atoms with Crippen LogP contribution in [0, 0.1) is 0 Å². The van der Waals surface area contributed by atoms with Crippen LogP contribution < -0.4 is 11.1 Å². The van der Waals surface area contributed by atoms with Crippen molar-refractivity contribution in [1.82, 2.24) is 4.90 Å². The molecule has 160 valence electrons. The van der Waals surface area contributed by atoms with Gasteiger partial charge in [-0.3, -0.25) is 14.5 Å². The van der Waals surface area contributed by atoms with Gasteiger partial charge >= 0.3 is 0 Å². The second-order valence-electron chi connectivity index (χ2n) is 7.89. The number of hydrogen-bond acceptors (Lipinski definition) is 4. The van der Waals surface area contributed by atoms with Gasteiger partial charge in [0, 0.05) is 18.0 Å². The van der Waals surface area contributed by atoms with E-state index in [4.69, 9.17) is 5.73 Å². The molecule has 2 amide bonds. The highest BCUT2D eigenvalue weighted by Gasteiger charge is 2.27. The van der Waals surface area contributed by atoms with Gasteiger partial charge in [-0.1, -0.05) is 61.5 Å². The van der Waals surface area contributed by atoms with Gasteiger partial charge in [0.15, 0.2) is 0 Å². The van der Waals surface area contributed by atoms with Gasteiger partial charge in [0.1, 0.15) is 5.00 Å². The van der Waals surface area contributed by atoms with Crippen molar-refractivity contribution in [2.45, 2.75) is 32.7 Å². The first-order chi connectivity index (χ1) is 15.0. The maximum atomic E-state index is 12.7. The summed E-state index contributed by atoms with van der Waals surface area (Å²) in [5.41, 5.74) is 10.4. The average Bonchev–Trinajstić information content (AvgIpc) is 3.12. The van der Waals surface area contributed by atoms with Crippen molar-refractivity contribution in [3.8, 4) is 11.1 Å². The number of benzene rings is 2. The van der Waals surface area contributed by atoms with E-state index < -0.39 is 5.91 Å². The summed E-state index contributed by atoms with van der Waals surface area (Å²) in [6.45, 7) is 4.92. The number of fused-ring (bicyclic) bond motifs is 1. The van der Waals surface area contributed by atoms with Gasteiger partial charge in [-0.2, -0.15) is 0 Å². The Kier molecular flexibility index (Phi) is 6.49. The van der Waals surface area contributed by atoms with Crippen LogP contribution >= 0.6 is 11.3 Å². The normalized spacial score (nSPS) is 13.6. The lowest BCUT2D eigenvalue weighted by Crippen LogP contribution is -2.31. The van der Waals surface area contributed by atoms with Crippen LogP contribution in [0.2, 0.25) is 0 Å². The van der Waals surface area contributed by atoms with Crippen LogP contribution in [0.3, 0.4) is 0 Å².